The summed E-state index contributed by atoms with van der Waals surface area (Å²) in [5.41, 5.74) is 1.15. The fourth-order valence-electron chi connectivity index (χ4n) is 2.53. The quantitative estimate of drug-likeness (QED) is 0.901. The van der Waals surface area contributed by atoms with E-state index in [9.17, 15) is 4.39 Å². The van der Waals surface area contributed by atoms with E-state index >= 15 is 0 Å². The molecule has 18 heavy (non-hydrogen) atoms. The van der Waals surface area contributed by atoms with Crippen molar-refractivity contribution in [3.05, 3.63) is 34.1 Å². The van der Waals surface area contributed by atoms with Crippen LogP contribution < -0.4 is 5.32 Å². The molecule has 0 saturated carbocycles. The molecule has 1 atom stereocenters. The number of halogens is 2. The SMILES string of the molecule is CCNCC1(Cc2cc(F)cc(Br)c2)CCOC1. The minimum Gasteiger partial charge on any atom is -0.381 e. The van der Waals surface area contributed by atoms with E-state index in [1.54, 1.807) is 6.07 Å². The second-order valence-corrected chi connectivity index (χ2v) is 5.95. The zero-order chi connectivity index (χ0) is 13.0. The van der Waals surface area contributed by atoms with Crippen molar-refractivity contribution in [1.29, 1.82) is 0 Å². The van der Waals surface area contributed by atoms with Gasteiger partial charge in [-0.1, -0.05) is 22.9 Å². The minimum absolute atomic E-state index is 0.114. The van der Waals surface area contributed by atoms with Crippen LogP contribution in [0.5, 0.6) is 0 Å². The third-order valence-electron chi connectivity index (χ3n) is 3.44. The van der Waals surface area contributed by atoms with Crippen LogP contribution in [-0.2, 0) is 11.2 Å². The highest BCUT2D eigenvalue weighted by Crippen LogP contribution is 2.33. The molecule has 1 aromatic rings. The van der Waals surface area contributed by atoms with Gasteiger partial charge >= 0.3 is 0 Å². The summed E-state index contributed by atoms with van der Waals surface area (Å²) in [5.74, 6) is -0.183. The number of ether oxygens (including phenoxy) is 1. The Morgan fingerprint density at radius 2 is 2.28 bits per heavy atom. The molecular weight excluding hydrogens is 297 g/mol. The van der Waals surface area contributed by atoms with Crippen LogP contribution in [0.15, 0.2) is 22.7 Å². The minimum atomic E-state index is -0.183. The molecule has 1 fully saturated rings. The normalized spacial score (nSPS) is 23.5. The Kier molecular flexibility index (Phi) is 4.76. The highest BCUT2D eigenvalue weighted by Gasteiger charge is 2.34. The van der Waals surface area contributed by atoms with Crippen LogP contribution in [0.4, 0.5) is 4.39 Å². The molecule has 1 aromatic carbocycles. The lowest BCUT2D eigenvalue weighted by atomic mass is 9.81. The molecule has 2 rings (SSSR count). The summed E-state index contributed by atoms with van der Waals surface area (Å²) in [6.45, 7) is 5.55. The monoisotopic (exact) mass is 315 g/mol. The van der Waals surface area contributed by atoms with Crippen molar-refractivity contribution in [3.8, 4) is 0 Å². The van der Waals surface area contributed by atoms with E-state index in [0.29, 0.717) is 0 Å². The number of rotatable bonds is 5. The number of hydrogen-bond acceptors (Lipinski definition) is 2. The summed E-state index contributed by atoms with van der Waals surface area (Å²) in [5, 5.41) is 3.40. The lowest BCUT2D eigenvalue weighted by molar-refractivity contribution is 0.149. The smallest absolute Gasteiger partial charge is 0.124 e. The summed E-state index contributed by atoms with van der Waals surface area (Å²) in [6.07, 6.45) is 1.89. The van der Waals surface area contributed by atoms with Gasteiger partial charge in [-0.3, -0.25) is 0 Å². The van der Waals surface area contributed by atoms with Gasteiger partial charge in [0.25, 0.3) is 0 Å². The Morgan fingerprint density at radius 1 is 1.44 bits per heavy atom. The van der Waals surface area contributed by atoms with Crippen molar-refractivity contribution < 1.29 is 9.13 Å². The maximum Gasteiger partial charge on any atom is 0.124 e. The molecule has 1 aliphatic heterocycles. The Balaban J connectivity index is 2.12. The van der Waals surface area contributed by atoms with Crippen LogP contribution in [0.2, 0.25) is 0 Å². The van der Waals surface area contributed by atoms with Gasteiger partial charge in [0.2, 0.25) is 0 Å². The number of benzene rings is 1. The van der Waals surface area contributed by atoms with Crippen molar-refractivity contribution in [2.45, 2.75) is 19.8 Å². The van der Waals surface area contributed by atoms with Crippen LogP contribution in [-0.4, -0.2) is 26.3 Å². The largest absolute Gasteiger partial charge is 0.381 e. The fourth-order valence-corrected chi connectivity index (χ4v) is 3.04. The van der Waals surface area contributed by atoms with Gasteiger partial charge in [0.05, 0.1) is 6.61 Å². The molecule has 1 aliphatic rings. The van der Waals surface area contributed by atoms with Gasteiger partial charge in [-0.2, -0.15) is 0 Å². The van der Waals surface area contributed by atoms with E-state index in [4.69, 9.17) is 4.74 Å². The standard InChI is InChI=1S/C14H19BrFNO/c1-2-17-9-14(3-4-18-10-14)8-11-5-12(15)7-13(16)6-11/h5-7,17H,2-4,8-10H2,1H3. The van der Waals surface area contributed by atoms with Gasteiger partial charge in [0.15, 0.2) is 0 Å². The molecule has 1 saturated heterocycles. The van der Waals surface area contributed by atoms with E-state index in [1.807, 2.05) is 6.07 Å². The van der Waals surface area contributed by atoms with Crippen LogP contribution in [0.1, 0.15) is 18.9 Å². The van der Waals surface area contributed by atoms with Crippen molar-refractivity contribution in [1.82, 2.24) is 5.32 Å². The maximum absolute atomic E-state index is 13.4. The Bertz CT molecular complexity index is 385. The predicted molar refractivity (Wildman–Crippen MR) is 74.2 cm³/mol. The van der Waals surface area contributed by atoms with Gasteiger partial charge in [0.1, 0.15) is 5.82 Å². The first-order chi connectivity index (χ1) is 8.63. The first-order valence-electron chi connectivity index (χ1n) is 6.37. The second kappa shape index (κ2) is 6.13. The summed E-state index contributed by atoms with van der Waals surface area (Å²) >= 11 is 3.35. The molecule has 1 heterocycles. The van der Waals surface area contributed by atoms with Gasteiger partial charge in [-0.05, 0) is 43.1 Å². The van der Waals surface area contributed by atoms with E-state index in [1.165, 1.54) is 6.07 Å². The molecule has 0 amide bonds. The van der Waals surface area contributed by atoms with Gasteiger partial charge in [-0.15, -0.1) is 0 Å². The molecule has 1 unspecified atom stereocenters. The first kappa shape index (κ1) is 14.0. The Morgan fingerprint density at radius 3 is 2.89 bits per heavy atom. The van der Waals surface area contributed by atoms with Crippen molar-refractivity contribution in [2.75, 3.05) is 26.3 Å². The molecule has 100 valence electrons. The van der Waals surface area contributed by atoms with E-state index in [-0.39, 0.29) is 11.2 Å². The average molecular weight is 316 g/mol. The summed E-state index contributed by atoms with van der Waals surface area (Å²) in [7, 11) is 0. The molecule has 0 radical (unpaired) electrons. The molecule has 1 N–H and O–H groups in total. The highest BCUT2D eigenvalue weighted by atomic mass is 79.9. The molecule has 2 nitrogen and oxygen atoms in total. The molecule has 4 heteroatoms. The first-order valence-corrected chi connectivity index (χ1v) is 7.16. The third-order valence-corrected chi connectivity index (χ3v) is 3.89. The molecule has 0 aromatic heterocycles. The van der Waals surface area contributed by atoms with Crippen LogP contribution >= 0.6 is 15.9 Å². The summed E-state index contributed by atoms with van der Waals surface area (Å²) in [6, 6.07) is 5.11. The van der Waals surface area contributed by atoms with Crippen LogP contribution in [0, 0.1) is 11.2 Å². The van der Waals surface area contributed by atoms with Gasteiger partial charge < -0.3 is 10.1 Å². The number of hydrogen-bond donors (Lipinski definition) is 1. The molecule has 0 aliphatic carbocycles. The second-order valence-electron chi connectivity index (χ2n) is 5.04. The topological polar surface area (TPSA) is 21.3 Å². The van der Waals surface area contributed by atoms with Crippen molar-refractivity contribution in [2.24, 2.45) is 5.41 Å². The highest BCUT2D eigenvalue weighted by molar-refractivity contribution is 9.10. The third kappa shape index (κ3) is 3.53. The summed E-state index contributed by atoms with van der Waals surface area (Å²) in [4.78, 5) is 0. The zero-order valence-corrected chi connectivity index (χ0v) is 12.2. The Labute approximate surface area is 116 Å². The Hall–Kier alpha value is -0.450. The van der Waals surface area contributed by atoms with Gasteiger partial charge in [0, 0.05) is 23.0 Å². The molecular formula is C14H19BrFNO. The van der Waals surface area contributed by atoms with Crippen LogP contribution in [0.25, 0.3) is 0 Å². The van der Waals surface area contributed by atoms with E-state index in [2.05, 4.69) is 28.2 Å². The van der Waals surface area contributed by atoms with Crippen molar-refractivity contribution in [3.63, 3.8) is 0 Å². The average Bonchev–Trinajstić information content (AvgIpc) is 2.74. The lowest BCUT2D eigenvalue weighted by Gasteiger charge is -2.28. The van der Waals surface area contributed by atoms with Crippen molar-refractivity contribution >= 4 is 15.9 Å². The zero-order valence-electron chi connectivity index (χ0n) is 10.6. The fraction of sp³-hybridized carbons (Fsp3) is 0.571. The summed E-state index contributed by atoms with van der Waals surface area (Å²) < 4.78 is 19.7. The van der Waals surface area contributed by atoms with E-state index < -0.39 is 0 Å². The predicted octanol–water partition coefficient (Wildman–Crippen LogP) is 3.15. The van der Waals surface area contributed by atoms with E-state index in [0.717, 1.165) is 49.2 Å². The maximum atomic E-state index is 13.4. The lowest BCUT2D eigenvalue weighted by Crippen LogP contribution is -2.36. The van der Waals surface area contributed by atoms with Crippen LogP contribution in [0.3, 0.4) is 0 Å². The number of nitrogens with one attached hydrogen (secondary N) is 1. The van der Waals surface area contributed by atoms with Gasteiger partial charge in [-0.25, -0.2) is 4.39 Å². The molecule has 0 bridgehead atoms. The molecule has 0 spiro atoms.